The predicted molar refractivity (Wildman–Crippen MR) is 91.3 cm³/mol. The third-order valence-corrected chi connectivity index (χ3v) is 4.30. The van der Waals surface area contributed by atoms with E-state index >= 15 is 0 Å². The molecule has 0 aliphatic carbocycles. The molecule has 3 heteroatoms. The molecule has 0 atom stereocenters. The van der Waals surface area contributed by atoms with Gasteiger partial charge in [-0.25, -0.2) is 0 Å². The van der Waals surface area contributed by atoms with Gasteiger partial charge in [0.2, 0.25) is 0 Å². The van der Waals surface area contributed by atoms with E-state index in [0.29, 0.717) is 0 Å². The fourth-order valence-electron chi connectivity index (χ4n) is 2.04. The van der Waals surface area contributed by atoms with E-state index < -0.39 is 0 Å². The van der Waals surface area contributed by atoms with Crippen LogP contribution in [0, 0.1) is 0 Å². The van der Waals surface area contributed by atoms with Crippen LogP contribution in [0.4, 0.5) is 0 Å². The van der Waals surface area contributed by atoms with Crippen molar-refractivity contribution < 1.29 is 0 Å². The van der Waals surface area contributed by atoms with E-state index in [1.54, 1.807) is 0 Å². The predicted octanol–water partition coefficient (Wildman–Crippen LogP) is 3.74. The fraction of sp³-hybridized carbons (Fsp3) is 0.875. The molecule has 114 valence electrons. The lowest BCUT2D eigenvalue weighted by atomic mass is 10.3. The van der Waals surface area contributed by atoms with Crippen molar-refractivity contribution in [3.63, 3.8) is 0 Å². The van der Waals surface area contributed by atoms with E-state index in [0.717, 1.165) is 12.6 Å². The minimum Gasteiger partial charge on any atom is -0.302 e. The maximum absolute atomic E-state index is 2.57. The molecule has 0 aromatic carbocycles. The van der Waals surface area contributed by atoms with E-state index in [1.165, 1.54) is 44.0 Å². The molecule has 2 aliphatic heterocycles. The van der Waals surface area contributed by atoms with Gasteiger partial charge in [0.05, 0.1) is 0 Å². The van der Waals surface area contributed by atoms with Gasteiger partial charge < -0.3 is 9.80 Å². The van der Waals surface area contributed by atoms with Gasteiger partial charge in [-0.15, -0.1) is 0 Å². The van der Waals surface area contributed by atoms with Crippen LogP contribution in [0.2, 0.25) is 0 Å². The molecule has 0 aromatic heterocycles. The zero-order valence-corrected chi connectivity index (χ0v) is 14.5. The van der Waals surface area contributed by atoms with Crippen LogP contribution >= 0.6 is 11.8 Å². The summed E-state index contributed by atoms with van der Waals surface area (Å²) in [5, 5.41) is 0. The molecule has 1 saturated heterocycles. The summed E-state index contributed by atoms with van der Waals surface area (Å²) in [6, 6.07) is 0.749. The van der Waals surface area contributed by atoms with E-state index in [2.05, 4.69) is 54.6 Å². The summed E-state index contributed by atoms with van der Waals surface area (Å²) >= 11 is 2.10. The Balaban J connectivity index is 0.000000316. The Bertz CT molecular complexity index is 209. The highest BCUT2D eigenvalue weighted by Gasteiger charge is 2.10. The van der Waals surface area contributed by atoms with Crippen LogP contribution in [0.3, 0.4) is 0 Å². The van der Waals surface area contributed by atoms with Crippen molar-refractivity contribution in [2.75, 3.05) is 44.7 Å². The second kappa shape index (κ2) is 13.0. The van der Waals surface area contributed by atoms with Crippen LogP contribution in [-0.4, -0.2) is 60.6 Å². The third kappa shape index (κ3) is 10.5. The molecule has 2 heterocycles. The first-order chi connectivity index (χ1) is 9.20. The van der Waals surface area contributed by atoms with Crippen LogP contribution in [-0.2, 0) is 0 Å². The minimum absolute atomic E-state index is 0.749. The van der Waals surface area contributed by atoms with Crippen molar-refractivity contribution in [3.8, 4) is 0 Å². The van der Waals surface area contributed by atoms with Gasteiger partial charge in [-0.1, -0.05) is 26.0 Å². The van der Waals surface area contributed by atoms with Crippen LogP contribution in [0.25, 0.3) is 0 Å². The molecule has 2 nitrogen and oxygen atoms in total. The van der Waals surface area contributed by atoms with E-state index in [1.807, 2.05) is 13.8 Å². The molecule has 0 saturated carbocycles. The van der Waals surface area contributed by atoms with E-state index in [9.17, 15) is 0 Å². The van der Waals surface area contributed by atoms with Crippen LogP contribution in [0.5, 0.6) is 0 Å². The van der Waals surface area contributed by atoms with Crippen LogP contribution in [0.1, 0.15) is 40.5 Å². The number of thioether (sulfide) groups is 1. The average Bonchev–Trinajstić information content (AvgIpc) is 2.71. The molecule has 0 aromatic rings. The number of nitrogens with zero attached hydrogens (tertiary/aromatic N) is 2. The summed E-state index contributed by atoms with van der Waals surface area (Å²) in [6.45, 7) is 13.6. The maximum atomic E-state index is 2.57. The molecule has 2 aliphatic rings. The van der Waals surface area contributed by atoms with Gasteiger partial charge in [0.1, 0.15) is 0 Å². The Morgan fingerprint density at radius 1 is 1.00 bits per heavy atom. The van der Waals surface area contributed by atoms with Crippen molar-refractivity contribution in [1.29, 1.82) is 0 Å². The number of rotatable bonds is 1. The summed E-state index contributed by atoms with van der Waals surface area (Å²) in [7, 11) is 2.14. The summed E-state index contributed by atoms with van der Waals surface area (Å²) in [4.78, 5) is 4.88. The van der Waals surface area contributed by atoms with Gasteiger partial charge in [-0.2, -0.15) is 11.8 Å². The van der Waals surface area contributed by atoms with Crippen molar-refractivity contribution >= 4 is 11.8 Å². The lowest BCUT2D eigenvalue weighted by Crippen LogP contribution is -2.32. The Morgan fingerprint density at radius 3 is 2.21 bits per heavy atom. The van der Waals surface area contributed by atoms with Gasteiger partial charge in [-0.3, -0.25) is 0 Å². The van der Waals surface area contributed by atoms with Crippen molar-refractivity contribution in [1.82, 2.24) is 9.80 Å². The molecule has 0 spiro atoms. The van der Waals surface area contributed by atoms with Crippen molar-refractivity contribution in [3.05, 3.63) is 12.2 Å². The molecule has 0 N–H and O–H groups in total. The van der Waals surface area contributed by atoms with Gasteiger partial charge >= 0.3 is 0 Å². The normalized spacial score (nSPS) is 20.9. The third-order valence-electron chi connectivity index (χ3n) is 3.25. The lowest BCUT2D eigenvalue weighted by Gasteiger charge is -2.23. The standard InChI is InChI=1S/C8H17NS.C6H11N.C2H6/c1-8(2)9-4-3-6-10-7-5-9;1-7-5-3-2-4-6-7;1-2/h8H,3-7H2,1-2H3;2-3H,4-6H2,1H3;1-2H3. The van der Waals surface area contributed by atoms with Gasteiger partial charge in [-0.05, 0) is 46.0 Å². The first kappa shape index (κ1) is 19.0. The summed E-state index contributed by atoms with van der Waals surface area (Å²) in [5.74, 6) is 2.70. The topological polar surface area (TPSA) is 6.48 Å². The SMILES string of the molecule is CC.CC(C)N1CCCSCC1.CN1CC=CCC1. The number of hydrogen-bond acceptors (Lipinski definition) is 3. The summed E-state index contributed by atoms with van der Waals surface area (Å²) in [6.07, 6.45) is 7.06. The van der Waals surface area contributed by atoms with Gasteiger partial charge in [0.25, 0.3) is 0 Å². The maximum Gasteiger partial charge on any atom is 0.0160 e. The molecule has 0 radical (unpaired) electrons. The lowest BCUT2D eigenvalue weighted by molar-refractivity contribution is 0.240. The molecule has 19 heavy (non-hydrogen) atoms. The average molecular weight is 287 g/mol. The largest absolute Gasteiger partial charge is 0.302 e. The molecule has 0 amide bonds. The molecular weight excluding hydrogens is 252 g/mol. The molecule has 0 unspecified atom stereocenters. The van der Waals surface area contributed by atoms with E-state index in [4.69, 9.17) is 0 Å². The second-order valence-electron chi connectivity index (χ2n) is 5.12. The number of likely N-dealkylation sites (N-methyl/N-ethyl adjacent to an activating group) is 1. The Labute approximate surface area is 125 Å². The molecular formula is C16H34N2S. The quantitative estimate of drug-likeness (QED) is 0.678. The Hall–Kier alpha value is 0.0100. The number of hydrogen-bond donors (Lipinski definition) is 0. The summed E-state index contributed by atoms with van der Waals surface area (Å²) < 4.78 is 0. The first-order valence-electron chi connectivity index (χ1n) is 7.85. The van der Waals surface area contributed by atoms with E-state index in [-0.39, 0.29) is 0 Å². The molecule has 1 fully saturated rings. The first-order valence-corrected chi connectivity index (χ1v) is 9.01. The Morgan fingerprint density at radius 2 is 1.74 bits per heavy atom. The fourth-order valence-corrected chi connectivity index (χ4v) is 2.94. The Kier molecular flexibility index (Phi) is 13.0. The van der Waals surface area contributed by atoms with Crippen LogP contribution in [0.15, 0.2) is 12.2 Å². The van der Waals surface area contributed by atoms with Crippen molar-refractivity contribution in [2.45, 2.75) is 46.6 Å². The highest BCUT2D eigenvalue weighted by Crippen LogP contribution is 2.11. The highest BCUT2D eigenvalue weighted by molar-refractivity contribution is 7.99. The monoisotopic (exact) mass is 286 g/mol. The zero-order chi connectivity index (χ0) is 14.5. The zero-order valence-electron chi connectivity index (χ0n) is 13.7. The minimum atomic E-state index is 0.749. The molecule has 2 rings (SSSR count). The smallest absolute Gasteiger partial charge is 0.0160 e. The van der Waals surface area contributed by atoms with Crippen molar-refractivity contribution in [2.24, 2.45) is 0 Å². The van der Waals surface area contributed by atoms with Crippen LogP contribution < -0.4 is 0 Å². The van der Waals surface area contributed by atoms with Gasteiger partial charge in [0.15, 0.2) is 0 Å². The second-order valence-corrected chi connectivity index (χ2v) is 6.34. The van der Waals surface area contributed by atoms with Gasteiger partial charge in [0, 0.05) is 31.4 Å². The highest BCUT2D eigenvalue weighted by atomic mass is 32.2. The molecule has 0 bridgehead atoms. The summed E-state index contributed by atoms with van der Waals surface area (Å²) in [5.41, 5.74) is 0.